The second-order valence-corrected chi connectivity index (χ2v) is 19.5. The maximum atomic E-state index is 2.53. The van der Waals surface area contributed by atoms with E-state index in [-0.39, 0.29) is 0 Å². The molecule has 0 aliphatic heterocycles. The molecule has 2 bridgehead atoms. The average molecular weight is 836 g/mol. The summed E-state index contributed by atoms with van der Waals surface area (Å²) >= 11 is 0. The summed E-state index contributed by atoms with van der Waals surface area (Å²) < 4.78 is 2.38. The largest absolute Gasteiger partial charge is 0.311 e. The van der Waals surface area contributed by atoms with Gasteiger partial charge in [-0.25, -0.2) is 0 Å². The molecule has 1 heterocycles. The van der Waals surface area contributed by atoms with E-state index in [4.69, 9.17) is 0 Å². The van der Waals surface area contributed by atoms with Crippen molar-refractivity contribution >= 4 is 66.7 Å². The Balaban J connectivity index is 0.790. The van der Waals surface area contributed by atoms with Crippen LogP contribution in [0.3, 0.4) is 0 Å². The molecular formula is C62H49N3. The molecule has 2 unspecified atom stereocenters. The number of rotatable bonds is 9. The minimum Gasteiger partial charge on any atom is -0.311 e. The SMILES string of the molecule is c1ccc(N(c2ccc(-c3ccc(N(c4ccccc4)c4ccc(C56CC7CC8CC(C5)C87C6)c5ccccc45)cc3)cc2)c2ccc(-n3c4ccccc4c4ccccc43)cc2)cc1. The normalized spacial score (nSPS) is 22.4. The lowest BCUT2D eigenvalue weighted by atomic mass is 9.38. The Labute approximate surface area is 380 Å². The van der Waals surface area contributed by atoms with Gasteiger partial charge in [0, 0.05) is 50.3 Å². The summed E-state index contributed by atoms with van der Waals surface area (Å²) in [5.74, 6) is 2.95. The van der Waals surface area contributed by atoms with Gasteiger partial charge in [-0.1, -0.05) is 127 Å². The molecule has 0 saturated heterocycles. The number of anilines is 6. The molecule has 10 aromatic rings. The van der Waals surface area contributed by atoms with Crippen molar-refractivity contribution in [2.24, 2.45) is 23.2 Å². The van der Waals surface area contributed by atoms with Gasteiger partial charge < -0.3 is 14.4 Å². The maximum Gasteiger partial charge on any atom is 0.0541 e. The van der Waals surface area contributed by atoms with E-state index < -0.39 is 0 Å². The minimum atomic E-state index is 0.352. The highest BCUT2D eigenvalue weighted by Gasteiger charge is 2.77. The zero-order valence-corrected chi connectivity index (χ0v) is 36.4. The fourth-order valence-corrected chi connectivity index (χ4v) is 13.9. The van der Waals surface area contributed by atoms with Gasteiger partial charge in [0.2, 0.25) is 0 Å². The van der Waals surface area contributed by atoms with Crippen molar-refractivity contribution in [3.8, 4) is 16.8 Å². The van der Waals surface area contributed by atoms with E-state index in [1.54, 1.807) is 5.56 Å². The summed E-state index contributed by atoms with van der Waals surface area (Å²) in [6.45, 7) is 0. The van der Waals surface area contributed by atoms with Gasteiger partial charge in [-0.05, 0) is 174 Å². The molecule has 3 heteroatoms. The van der Waals surface area contributed by atoms with Gasteiger partial charge in [0.15, 0.2) is 0 Å². The smallest absolute Gasteiger partial charge is 0.0541 e. The van der Waals surface area contributed by atoms with Crippen LogP contribution in [-0.2, 0) is 5.41 Å². The van der Waals surface area contributed by atoms with Crippen LogP contribution < -0.4 is 9.80 Å². The number of fused-ring (bicyclic) bond motifs is 5. The van der Waals surface area contributed by atoms with Crippen molar-refractivity contribution < 1.29 is 0 Å². The molecule has 65 heavy (non-hydrogen) atoms. The third kappa shape index (κ3) is 5.42. The van der Waals surface area contributed by atoms with E-state index >= 15 is 0 Å². The van der Waals surface area contributed by atoms with Gasteiger partial charge in [0.25, 0.3) is 0 Å². The summed E-state index contributed by atoms with van der Waals surface area (Å²) in [5, 5.41) is 5.33. The first kappa shape index (κ1) is 37.1. The van der Waals surface area contributed by atoms with Crippen molar-refractivity contribution in [2.75, 3.05) is 9.80 Å². The fourth-order valence-electron chi connectivity index (χ4n) is 13.9. The first-order valence-corrected chi connectivity index (χ1v) is 23.7. The molecule has 9 aromatic carbocycles. The minimum absolute atomic E-state index is 0.352. The highest BCUT2D eigenvalue weighted by atomic mass is 15.1. The quantitative estimate of drug-likeness (QED) is 0.143. The van der Waals surface area contributed by atoms with E-state index in [9.17, 15) is 0 Å². The number of hydrogen-bond acceptors (Lipinski definition) is 2. The lowest BCUT2D eigenvalue weighted by molar-refractivity contribution is -0.175. The first-order valence-electron chi connectivity index (χ1n) is 23.7. The van der Waals surface area contributed by atoms with Crippen LogP contribution in [-0.4, -0.2) is 4.57 Å². The summed E-state index contributed by atoms with van der Waals surface area (Å²) in [4.78, 5) is 4.81. The standard InChI is InChI=1S/C62H49N3/c1-3-13-47(14-4-1)63(50-31-33-52(34-32-50)65-58-21-11-9-19-55(58)56-20-10-12-22-59(56)65)49-27-23-42(24-28-49)43-25-29-51(30-26-43)64(48-15-5-2-6-16-48)60-36-35-57(53-17-7-8-18-54(53)60)61-39-45-37-44-38-46(40-61)62(44,45)41-61/h1-36,44-46H,37-41H2. The average Bonchev–Trinajstić information content (AvgIpc) is 3.99. The molecular weight excluding hydrogens is 787 g/mol. The number of nitrogens with zero attached hydrogens (tertiary/aromatic N) is 3. The molecule has 0 radical (unpaired) electrons. The molecule has 4 saturated carbocycles. The molecule has 14 rings (SSSR count). The number of hydrogen-bond donors (Lipinski definition) is 0. The maximum absolute atomic E-state index is 2.53. The summed E-state index contributed by atoms with van der Waals surface area (Å²) in [7, 11) is 0. The molecule has 4 fully saturated rings. The fraction of sp³-hybridized carbons (Fsp3) is 0.161. The van der Waals surface area contributed by atoms with Gasteiger partial charge in [0.1, 0.15) is 0 Å². The Bertz CT molecular complexity index is 3350. The van der Waals surface area contributed by atoms with E-state index in [1.807, 2.05) is 0 Å². The molecule has 3 nitrogen and oxygen atoms in total. The summed E-state index contributed by atoms with van der Waals surface area (Å²) in [6.07, 6.45) is 7.20. The van der Waals surface area contributed by atoms with E-state index in [0.29, 0.717) is 10.8 Å². The van der Waals surface area contributed by atoms with E-state index in [2.05, 4.69) is 233 Å². The Morgan fingerprint density at radius 2 is 0.815 bits per heavy atom. The number of para-hydroxylation sites is 4. The first-order chi connectivity index (χ1) is 32.1. The van der Waals surface area contributed by atoms with Crippen LogP contribution in [0.15, 0.2) is 218 Å². The molecule has 312 valence electrons. The highest BCUT2D eigenvalue weighted by molar-refractivity contribution is 6.09. The van der Waals surface area contributed by atoms with Crippen LogP contribution >= 0.6 is 0 Å². The highest BCUT2D eigenvalue weighted by Crippen LogP contribution is 2.84. The van der Waals surface area contributed by atoms with Crippen LogP contribution in [0.5, 0.6) is 0 Å². The second kappa shape index (κ2) is 14.1. The van der Waals surface area contributed by atoms with Crippen molar-refractivity contribution in [1.82, 2.24) is 4.57 Å². The molecule has 2 atom stereocenters. The Morgan fingerprint density at radius 3 is 1.35 bits per heavy atom. The Morgan fingerprint density at radius 1 is 0.369 bits per heavy atom. The molecule has 4 aliphatic rings. The van der Waals surface area contributed by atoms with Crippen LogP contribution in [0.25, 0.3) is 49.4 Å². The van der Waals surface area contributed by atoms with Crippen molar-refractivity contribution in [3.05, 3.63) is 224 Å². The summed E-state index contributed by atoms with van der Waals surface area (Å²) in [6, 6.07) is 80.5. The van der Waals surface area contributed by atoms with Crippen molar-refractivity contribution in [2.45, 2.75) is 37.5 Å². The number of benzene rings is 9. The van der Waals surface area contributed by atoms with Gasteiger partial charge in [-0.2, -0.15) is 0 Å². The predicted molar refractivity (Wildman–Crippen MR) is 271 cm³/mol. The molecule has 1 aromatic heterocycles. The Kier molecular flexibility index (Phi) is 8.02. The predicted octanol–water partition coefficient (Wildman–Crippen LogP) is 16.6. The van der Waals surface area contributed by atoms with Crippen molar-refractivity contribution in [3.63, 3.8) is 0 Å². The Hall–Kier alpha value is -7.36. The van der Waals surface area contributed by atoms with Crippen LogP contribution in [0.1, 0.15) is 37.7 Å². The van der Waals surface area contributed by atoms with Crippen LogP contribution in [0.4, 0.5) is 34.1 Å². The zero-order chi connectivity index (χ0) is 42.7. The third-order valence-electron chi connectivity index (χ3n) is 16.6. The molecule has 0 N–H and O–H groups in total. The lowest BCUT2D eigenvalue weighted by Gasteiger charge is -2.66. The summed E-state index contributed by atoms with van der Waals surface area (Å²) in [5.41, 5.74) is 15.5. The van der Waals surface area contributed by atoms with E-state index in [1.165, 1.54) is 87.2 Å². The second-order valence-electron chi connectivity index (χ2n) is 19.5. The van der Waals surface area contributed by atoms with Crippen LogP contribution in [0, 0.1) is 23.2 Å². The van der Waals surface area contributed by atoms with Crippen molar-refractivity contribution in [1.29, 1.82) is 0 Å². The molecule has 0 amide bonds. The van der Waals surface area contributed by atoms with Gasteiger partial charge in [-0.15, -0.1) is 0 Å². The van der Waals surface area contributed by atoms with Crippen LogP contribution in [0.2, 0.25) is 0 Å². The van der Waals surface area contributed by atoms with Gasteiger partial charge >= 0.3 is 0 Å². The topological polar surface area (TPSA) is 11.4 Å². The number of aromatic nitrogens is 1. The monoisotopic (exact) mass is 835 g/mol. The van der Waals surface area contributed by atoms with E-state index in [0.717, 1.165) is 46.2 Å². The molecule has 1 spiro atoms. The van der Waals surface area contributed by atoms with Gasteiger partial charge in [0.05, 0.1) is 16.7 Å². The lowest BCUT2D eigenvalue weighted by Crippen LogP contribution is -2.59. The van der Waals surface area contributed by atoms with Gasteiger partial charge in [-0.3, -0.25) is 0 Å². The molecule has 4 aliphatic carbocycles. The zero-order valence-electron chi connectivity index (χ0n) is 36.4. The third-order valence-corrected chi connectivity index (χ3v) is 16.6.